The molecule has 1 amide bonds. The highest BCUT2D eigenvalue weighted by atomic mass is 35.5. The molecule has 0 fully saturated rings. The molecule has 9 heteroatoms. The molecule has 0 unspecified atom stereocenters. The lowest BCUT2D eigenvalue weighted by Crippen LogP contribution is -2.15. The summed E-state index contributed by atoms with van der Waals surface area (Å²) in [4.78, 5) is 21.2. The fraction of sp³-hybridized carbons (Fsp3) is 0.143. The number of hydrogen-bond donors (Lipinski definition) is 1. The number of rotatable bonds is 5. The number of aryl methyl sites for hydroxylation is 2. The van der Waals surface area contributed by atoms with Gasteiger partial charge in [0, 0.05) is 5.02 Å². The molecule has 1 N–H and O–H groups in total. The van der Waals surface area contributed by atoms with E-state index in [2.05, 4.69) is 20.4 Å². The predicted molar refractivity (Wildman–Crippen MR) is 122 cm³/mol. The van der Waals surface area contributed by atoms with Crippen molar-refractivity contribution in [1.82, 2.24) is 19.7 Å². The van der Waals surface area contributed by atoms with Crippen LogP contribution in [0.3, 0.4) is 0 Å². The molecule has 2 aromatic carbocycles. The summed E-state index contributed by atoms with van der Waals surface area (Å²) in [5.41, 5.74) is 4.10. The first-order valence-corrected chi connectivity index (χ1v) is 10.8. The zero-order chi connectivity index (χ0) is 21.3. The number of aromatic nitrogens is 4. The van der Waals surface area contributed by atoms with Crippen molar-refractivity contribution in [3.05, 3.63) is 70.1 Å². The van der Waals surface area contributed by atoms with Crippen LogP contribution in [0.1, 0.15) is 11.1 Å². The topological polar surface area (TPSA) is 72.7 Å². The van der Waals surface area contributed by atoms with E-state index < -0.39 is 0 Å². The molecule has 4 rings (SSSR count). The number of nitrogens with zero attached hydrogens (tertiary/aromatic N) is 4. The fourth-order valence-electron chi connectivity index (χ4n) is 3.09. The third-order valence-corrected chi connectivity index (χ3v) is 5.99. The minimum atomic E-state index is -0.161. The summed E-state index contributed by atoms with van der Waals surface area (Å²) in [5.74, 6) is 0.0210. The molecule has 2 aromatic heterocycles. The summed E-state index contributed by atoms with van der Waals surface area (Å²) in [6.45, 7) is 3.88. The van der Waals surface area contributed by atoms with Gasteiger partial charge in [0.25, 0.3) is 0 Å². The van der Waals surface area contributed by atoms with Crippen LogP contribution in [0.4, 0.5) is 5.69 Å². The van der Waals surface area contributed by atoms with E-state index >= 15 is 0 Å². The van der Waals surface area contributed by atoms with Gasteiger partial charge in [0.15, 0.2) is 5.65 Å². The second kappa shape index (κ2) is 8.63. The number of hydrogen-bond acceptors (Lipinski definition) is 5. The lowest BCUT2D eigenvalue weighted by atomic mass is 10.1. The Labute approximate surface area is 187 Å². The number of carbonyl (C=O) groups excluding carboxylic acids is 1. The maximum Gasteiger partial charge on any atom is 0.234 e. The van der Waals surface area contributed by atoms with E-state index in [1.54, 1.807) is 23.0 Å². The molecule has 0 saturated heterocycles. The van der Waals surface area contributed by atoms with E-state index in [4.69, 9.17) is 23.2 Å². The van der Waals surface area contributed by atoms with E-state index in [0.29, 0.717) is 26.4 Å². The van der Waals surface area contributed by atoms with Gasteiger partial charge in [0.2, 0.25) is 5.91 Å². The lowest BCUT2D eigenvalue weighted by Gasteiger charge is -2.11. The van der Waals surface area contributed by atoms with Gasteiger partial charge in [-0.25, -0.2) is 14.6 Å². The Hall–Kier alpha value is -2.61. The lowest BCUT2D eigenvalue weighted by molar-refractivity contribution is -0.113. The Bertz CT molecular complexity index is 1220. The Balaban J connectivity index is 1.52. The maximum atomic E-state index is 12.5. The summed E-state index contributed by atoms with van der Waals surface area (Å²) in [6, 6.07) is 11.1. The van der Waals surface area contributed by atoms with E-state index in [9.17, 15) is 4.79 Å². The summed E-state index contributed by atoms with van der Waals surface area (Å²) >= 11 is 13.6. The molecule has 6 nitrogen and oxygen atoms in total. The maximum absolute atomic E-state index is 12.5. The van der Waals surface area contributed by atoms with Crippen molar-refractivity contribution in [1.29, 1.82) is 0 Å². The molecular weight excluding hydrogens is 441 g/mol. The molecule has 0 aliphatic rings. The van der Waals surface area contributed by atoms with Crippen molar-refractivity contribution >= 4 is 57.6 Å². The number of halogens is 2. The number of amides is 1. The molecule has 0 atom stereocenters. The second-order valence-electron chi connectivity index (χ2n) is 6.72. The van der Waals surface area contributed by atoms with Crippen molar-refractivity contribution in [2.75, 3.05) is 11.1 Å². The van der Waals surface area contributed by atoms with Gasteiger partial charge in [-0.05, 0) is 55.3 Å². The van der Waals surface area contributed by atoms with Crippen LogP contribution in [-0.2, 0) is 4.79 Å². The zero-order valence-corrected chi connectivity index (χ0v) is 18.5. The Morgan fingerprint density at radius 3 is 2.63 bits per heavy atom. The molecule has 0 bridgehead atoms. The monoisotopic (exact) mass is 457 g/mol. The van der Waals surface area contributed by atoms with Crippen molar-refractivity contribution in [3.63, 3.8) is 0 Å². The third-order valence-electron chi connectivity index (χ3n) is 4.44. The number of anilines is 1. The van der Waals surface area contributed by atoms with Crippen molar-refractivity contribution in [2.45, 2.75) is 18.9 Å². The number of nitrogens with one attached hydrogen (secondary N) is 1. The van der Waals surface area contributed by atoms with E-state index in [-0.39, 0.29) is 11.7 Å². The highest BCUT2D eigenvalue weighted by molar-refractivity contribution is 8.00. The highest BCUT2D eigenvalue weighted by Gasteiger charge is 2.14. The molecule has 152 valence electrons. The highest BCUT2D eigenvalue weighted by Crippen LogP contribution is 2.29. The SMILES string of the molecule is Cc1cc(C)c(NC(=O)CSc2ncnc3c2cnn3-c2ccc(Cl)cc2)c(Cl)c1. The minimum absolute atomic E-state index is 0.161. The van der Waals surface area contributed by atoms with Crippen LogP contribution in [-0.4, -0.2) is 31.4 Å². The average Bonchev–Trinajstić information content (AvgIpc) is 3.14. The first-order valence-electron chi connectivity index (χ1n) is 9.06. The fourth-order valence-corrected chi connectivity index (χ4v) is 4.35. The van der Waals surface area contributed by atoms with Gasteiger partial charge in [-0.15, -0.1) is 0 Å². The van der Waals surface area contributed by atoms with Gasteiger partial charge in [-0.3, -0.25) is 4.79 Å². The first kappa shape index (κ1) is 20.7. The van der Waals surface area contributed by atoms with Crippen LogP contribution in [0.2, 0.25) is 10.0 Å². The summed E-state index contributed by atoms with van der Waals surface area (Å²) in [6.07, 6.45) is 3.17. The van der Waals surface area contributed by atoms with Crippen LogP contribution >= 0.6 is 35.0 Å². The van der Waals surface area contributed by atoms with E-state index in [1.165, 1.54) is 18.1 Å². The molecule has 4 aromatic rings. The van der Waals surface area contributed by atoms with Crippen molar-refractivity contribution in [3.8, 4) is 5.69 Å². The minimum Gasteiger partial charge on any atom is -0.324 e. The van der Waals surface area contributed by atoms with Crippen LogP contribution in [0.25, 0.3) is 16.7 Å². The van der Waals surface area contributed by atoms with Crippen LogP contribution in [0.15, 0.2) is 53.9 Å². The van der Waals surface area contributed by atoms with E-state index in [0.717, 1.165) is 22.2 Å². The second-order valence-corrected chi connectivity index (χ2v) is 8.53. The smallest absolute Gasteiger partial charge is 0.234 e. The normalized spacial score (nSPS) is 11.1. The van der Waals surface area contributed by atoms with Gasteiger partial charge in [0.1, 0.15) is 11.4 Å². The molecule has 2 heterocycles. The van der Waals surface area contributed by atoms with Crippen molar-refractivity contribution < 1.29 is 4.79 Å². The third kappa shape index (κ3) is 4.28. The predicted octanol–water partition coefficient (Wildman–Crippen LogP) is 5.47. The molecule has 0 radical (unpaired) electrons. The molecule has 0 aliphatic carbocycles. The zero-order valence-electron chi connectivity index (χ0n) is 16.2. The first-order chi connectivity index (χ1) is 14.4. The Morgan fingerprint density at radius 1 is 1.13 bits per heavy atom. The van der Waals surface area contributed by atoms with Crippen molar-refractivity contribution in [2.24, 2.45) is 0 Å². The van der Waals surface area contributed by atoms with Crippen LogP contribution in [0.5, 0.6) is 0 Å². The van der Waals surface area contributed by atoms with E-state index in [1.807, 2.05) is 38.1 Å². The van der Waals surface area contributed by atoms with Gasteiger partial charge >= 0.3 is 0 Å². The Morgan fingerprint density at radius 2 is 1.90 bits per heavy atom. The summed E-state index contributed by atoms with van der Waals surface area (Å²) < 4.78 is 1.72. The molecule has 0 spiro atoms. The largest absolute Gasteiger partial charge is 0.324 e. The molecular formula is C21H17Cl2N5OS. The van der Waals surface area contributed by atoms with Gasteiger partial charge in [-0.1, -0.05) is 41.0 Å². The van der Waals surface area contributed by atoms with Gasteiger partial charge in [-0.2, -0.15) is 5.10 Å². The van der Waals surface area contributed by atoms with Gasteiger partial charge in [0.05, 0.1) is 33.7 Å². The standard InChI is InChI=1S/C21H17Cl2N5OS/c1-12-7-13(2)19(17(23)8-12)27-18(29)10-30-21-16-9-26-28(20(16)24-11-25-21)15-5-3-14(22)4-6-15/h3-9,11H,10H2,1-2H3,(H,27,29). The Kier molecular flexibility index (Phi) is 5.94. The van der Waals surface area contributed by atoms with Crippen LogP contribution in [0, 0.1) is 13.8 Å². The molecule has 0 saturated carbocycles. The number of thioether (sulfide) groups is 1. The average molecular weight is 458 g/mol. The molecule has 30 heavy (non-hydrogen) atoms. The van der Waals surface area contributed by atoms with Crippen LogP contribution < -0.4 is 5.32 Å². The quantitative estimate of drug-likeness (QED) is 0.317. The number of carbonyl (C=O) groups is 1. The number of fused-ring (bicyclic) bond motifs is 1. The molecule has 0 aliphatic heterocycles. The summed E-state index contributed by atoms with van der Waals surface area (Å²) in [5, 5.41) is 9.95. The summed E-state index contributed by atoms with van der Waals surface area (Å²) in [7, 11) is 0. The number of benzene rings is 2. The van der Waals surface area contributed by atoms with Gasteiger partial charge < -0.3 is 5.32 Å².